The average molecular weight is 347 g/mol. The van der Waals surface area contributed by atoms with Crippen molar-refractivity contribution in [1.29, 1.82) is 0 Å². The van der Waals surface area contributed by atoms with E-state index in [-0.39, 0.29) is 18.8 Å². The first-order valence-corrected chi connectivity index (χ1v) is 9.06. The molecule has 1 aliphatic rings. The van der Waals surface area contributed by atoms with Crippen molar-refractivity contribution in [3.8, 4) is 0 Å². The lowest BCUT2D eigenvalue weighted by Crippen LogP contribution is -2.37. The van der Waals surface area contributed by atoms with Crippen LogP contribution in [0.5, 0.6) is 0 Å². The van der Waals surface area contributed by atoms with Gasteiger partial charge < -0.3 is 4.57 Å². The van der Waals surface area contributed by atoms with Crippen LogP contribution >= 0.6 is 0 Å². The van der Waals surface area contributed by atoms with Gasteiger partial charge in [-0.1, -0.05) is 12.1 Å². The molecule has 2 amide bonds. The van der Waals surface area contributed by atoms with Gasteiger partial charge in [-0.3, -0.25) is 14.5 Å². The van der Waals surface area contributed by atoms with Crippen molar-refractivity contribution in [2.45, 2.75) is 6.54 Å². The molecule has 2 heterocycles. The molecule has 0 spiro atoms. The average Bonchev–Trinajstić information content (AvgIpc) is 3.07. The normalized spacial score (nSPS) is 14.3. The van der Waals surface area contributed by atoms with E-state index in [4.69, 9.17) is 0 Å². The van der Waals surface area contributed by atoms with Crippen molar-refractivity contribution in [3.05, 3.63) is 59.4 Å². The number of amides is 2. The van der Waals surface area contributed by atoms with Gasteiger partial charge in [0.25, 0.3) is 11.8 Å². The summed E-state index contributed by atoms with van der Waals surface area (Å²) in [7, 11) is -1.75. The second-order valence-corrected chi connectivity index (χ2v) is 7.56. The number of aryl methyl sites for hydroxylation is 1. The number of nitrogens with zero attached hydrogens (tertiary/aromatic N) is 2. The summed E-state index contributed by atoms with van der Waals surface area (Å²) in [6, 6.07) is 8.29. The van der Waals surface area contributed by atoms with Crippen LogP contribution in [0.15, 0.2) is 42.7 Å². The van der Waals surface area contributed by atoms with Crippen LogP contribution in [-0.2, 0) is 23.6 Å². The van der Waals surface area contributed by atoms with Crippen molar-refractivity contribution in [3.63, 3.8) is 0 Å². The predicted molar refractivity (Wildman–Crippen MR) is 87.8 cm³/mol. The highest BCUT2D eigenvalue weighted by atomic mass is 32.2. The summed E-state index contributed by atoms with van der Waals surface area (Å²) in [5.41, 5.74) is 1.47. The Kier molecular flexibility index (Phi) is 4.25. The number of imide groups is 1. The Morgan fingerprint density at radius 2 is 1.67 bits per heavy atom. The van der Waals surface area contributed by atoms with E-state index in [0.29, 0.717) is 11.1 Å². The van der Waals surface area contributed by atoms with E-state index < -0.39 is 21.8 Å². The van der Waals surface area contributed by atoms with E-state index in [2.05, 4.69) is 4.72 Å². The summed E-state index contributed by atoms with van der Waals surface area (Å²) in [4.78, 5) is 25.4. The fraction of sp³-hybridized carbons (Fsp3) is 0.250. The molecule has 0 fully saturated rings. The molecule has 0 unspecified atom stereocenters. The van der Waals surface area contributed by atoms with Gasteiger partial charge in [0.05, 0.1) is 16.9 Å². The molecule has 2 aromatic rings. The lowest BCUT2D eigenvalue weighted by atomic mass is 10.1. The van der Waals surface area contributed by atoms with Gasteiger partial charge in [-0.15, -0.1) is 0 Å². The number of rotatable bonds is 6. The summed E-state index contributed by atoms with van der Waals surface area (Å²) >= 11 is 0. The molecule has 126 valence electrons. The van der Waals surface area contributed by atoms with E-state index in [1.54, 1.807) is 24.3 Å². The fourth-order valence-corrected chi connectivity index (χ4v) is 3.54. The zero-order valence-corrected chi connectivity index (χ0v) is 13.9. The number of benzene rings is 1. The summed E-state index contributed by atoms with van der Waals surface area (Å²) in [5.74, 6) is -1.23. The summed E-state index contributed by atoms with van der Waals surface area (Å²) < 4.78 is 28.5. The van der Waals surface area contributed by atoms with Gasteiger partial charge in [0.15, 0.2) is 0 Å². The summed E-state index contributed by atoms with van der Waals surface area (Å²) in [6.07, 6.45) is 3.63. The molecular weight excluding hydrogens is 330 g/mol. The molecule has 1 aliphatic heterocycles. The third-order valence-electron chi connectivity index (χ3n) is 3.85. The molecule has 24 heavy (non-hydrogen) atoms. The summed E-state index contributed by atoms with van der Waals surface area (Å²) in [5, 5.41) is 0. The summed E-state index contributed by atoms with van der Waals surface area (Å²) in [6.45, 7) is 0.00175. The number of fused-ring (bicyclic) bond motifs is 1. The van der Waals surface area contributed by atoms with Gasteiger partial charge in [-0.25, -0.2) is 13.1 Å². The van der Waals surface area contributed by atoms with E-state index in [1.807, 2.05) is 30.1 Å². The highest BCUT2D eigenvalue weighted by Crippen LogP contribution is 2.22. The first-order valence-electron chi connectivity index (χ1n) is 7.41. The molecule has 8 heteroatoms. The first kappa shape index (κ1) is 16.4. The van der Waals surface area contributed by atoms with Crippen LogP contribution in [0.1, 0.15) is 26.3 Å². The van der Waals surface area contributed by atoms with Crippen molar-refractivity contribution < 1.29 is 18.0 Å². The molecule has 0 saturated heterocycles. The third kappa shape index (κ3) is 3.24. The number of hydrogen-bond acceptors (Lipinski definition) is 4. The zero-order valence-electron chi connectivity index (χ0n) is 13.1. The quantitative estimate of drug-likeness (QED) is 0.781. The molecule has 0 bridgehead atoms. The van der Waals surface area contributed by atoms with Gasteiger partial charge in [0, 0.05) is 32.5 Å². The second kappa shape index (κ2) is 6.21. The Labute approximate surface area is 139 Å². The zero-order chi connectivity index (χ0) is 17.3. The minimum atomic E-state index is -3.60. The van der Waals surface area contributed by atoms with Crippen LogP contribution in [0.2, 0.25) is 0 Å². The maximum atomic E-state index is 12.2. The molecule has 0 radical (unpaired) electrons. The van der Waals surface area contributed by atoms with Crippen LogP contribution in [-0.4, -0.2) is 42.0 Å². The topological polar surface area (TPSA) is 88.5 Å². The largest absolute Gasteiger partial charge is 0.357 e. The van der Waals surface area contributed by atoms with Crippen LogP contribution in [0.3, 0.4) is 0 Å². The fourth-order valence-electron chi connectivity index (χ4n) is 2.58. The molecule has 3 rings (SSSR count). The lowest BCUT2D eigenvalue weighted by Gasteiger charge is -2.14. The second-order valence-electron chi connectivity index (χ2n) is 5.63. The van der Waals surface area contributed by atoms with Gasteiger partial charge in [0.2, 0.25) is 10.0 Å². The smallest absolute Gasteiger partial charge is 0.261 e. The van der Waals surface area contributed by atoms with E-state index in [0.717, 1.165) is 10.5 Å². The van der Waals surface area contributed by atoms with Crippen molar-refractivity contribution in [1.82, 2.24) is 14.2 Å². The van der Waals surface area contributed by atoms with Crippen LogP contribution in [0, 0.1) is 0 Å². The van der Waals surface area contributed by atoms with Gasteiger partial charge in [-0.2, -0.15) is 0 Å². The van der Waals surface area contributed by atoms with Crippen molar-refractivity contribution in [2.75, 3.05) is 12.3 Å². The number of nitrogens with one attached hydrogen (secondary N) is 1. The predicted octanol–water partition coefficient (Wildman–Crippen LogP) is 0.741. The Morgan fingerprint density at radius 3 is 2.21 bits per heavy atom. The molecule has 0 saturated carbocycles. The Bertz CT molecular complexity index is 867. The number of sulfonamides is 1. The molecule has 0 atom stereocenters. The minimum Gasteiger partial charge on any atom is -0.357 e. The van der Waals surface area contributed by atoms with E-state index in [1.165, 1.54) is 0 Å². The highest BCUT2D eigenvalue weighted by molar-refractivity contribution is 7.89. The molecule has 0 aliphatic carbocycles. The lowest BCUT2D eigenvalue weighted by molar-refractivity contribution is 0.0664. The van der Waals surface area contributed by atoms with E-state index in [9.17, 15) is 18.0 Å². The van der Waals surface area contributed by atoms with Crippen LogP contribution < -0.4 is 4.72 Å². The van der Waals surface area contributed by atoms with Gasteiger partial charge in [-0.05, 0) is 23.8 Å². The molecule has 7 nitrogen and oxygen atoms in total. The monoisotopic (exact) mass is 347 g/mol. The standard InChI is InChI=1S/C16H17N3O4S/c1-18-7-6-12(11-18)10-17-24(22,23)9-8-19-15(20)13-4-2-3-5-14(13)16(19)21/h2-7,11,17H,8-10H2,1H3. The molecular formula is C16H17N3O4S. The molecule has 1 aromatic carbocycles. The van der Waals surface area contributed by atoms with Crippen LogP contribution in [0.25, 0.3) is 0 Å². The molecule has 1 N–H and O–H groups in total. The Morgan fingerprint density at radius 1 is 1.04 bits per heavy atom. The maximum Gasteiger partial charge on any atom is 0.261 e. The number of hydrogen-bond donors (Lipinski definition) is 1. The van der Waals surface area contributed by atoms with E-state index >= 15 is 0 Å². The van der Waals surface area contributed by atoms with Gasteiger partial charge >= 0.3 is 0 Å². The molecule has 1 aromatic heterocycles. The van der Waals surface area contributed by atoms with Crippen molar-refractivity contribution >= 4 is 21.8 Å². The highest BCUT2D eigenvalue weighted by Gasteiger charge is 2.35. The van der Waals surface area contributed by atoms with Gasteiger partial charge in [0.1, 0.15) is 0 Å². The third-order valence-corrected chi connectivity index (χ3v) is 5.16. The number of aromatic nitrogens is 1. The first-order chi connectivity index (χ1) is 11.4. The Hall–Kier alpha value is -2.45. The van der Waals surface area contributed by atoms with Crippen LogP contribution in [0.4, 0.5) is 0 Å². The van der Waals surface area contributed by atoms with Crippen molar-refractivity contribution in [2.24, 2.45) is 7.05 Å². The maximum absolute atomic E-state index is 12.2. The number of carbonyl (C=O) groups is 2. The minimum absolute atomic E-state index is 0.170. The number of carbonyl (C=O) groups excluding carboxylic acids is 2. The Balaban J connectivity index is 1.61. The SMILES string of the molecule is Cn1ccc(CNS(=O)(=O)CCN2C(=O)c3ccccc3C2=O)c1.